The van der Waals surface area contributed by atoms with Crippen LogP contribution < -0.4 is 0 Å². The smallest absolute Gasteiger partial charge is 0.186 e. The van der Waals surface area contributed by atoms with Crippen molar-refractivity contribution in [3.8, 4) is 0 Å². The van der Waals surface area contributed by atoms with E-state index in [0.29, 0.717) is 0 Å². The molecule has 0 amide bonds. The van der Waals surface area contributed by atoms with Gasteiger partial charge in [-0.2, -0.15) is 0 Å². The summed E-state index contributed by atoms with van der Waals surface area (Å²) >= 11 is 0. The average Bonchev–Trinajstić information content (AvgIpc) is 2.85. The second-order valence-corrected chi connectivity index (χ2v) is 8.51. The molecule has 17 nitrogen and oxygen atoms in total. The maximum Gasteiger partial charge on any atom is 0.186 e. The maximum atomic E-state index is 9.78. The molecular weight excluding hydrogens is 488 g/mol. The summed E-state index contributed by atoms with van der Waals surface area (Å²) in [6, 6.07) is 0. The number of rotatable bonds is 4. The molecule has 3 aliphatic rings. The fraction of sp³-hybridized carbons (Fsp3) is 1.00. The van der Waals surface area contributed by atoms with Crippen molar-refractivity contribution in [3.63, 3.8) is 0 Å². The zero-order valence-corrected chi connectivity index (χ0v) is 18.1. The Bertz CT molecular complexity index is 582. The largest absolute Gasteiger partial charge is 0.394 e. The first kappa shape index (κ1) is 30.5. The van der Waals surface area contributed by atoms with E-state index < -0.39 is 111 Å². The van der Waals surface area contributed by atoms with Crippen molar-refractivity contribution in [2.45, 2.75) is 98.0 Å². The summed E-state index contributed by atoms with van der Waals surface area (Å²) in [5, 5.41) is 130. The van der Waals surface area contributed by atoms with Crippen LogP contribution in [-0.2, 0) is 14.2 Å². The number of hydrogen-bond donors (Lipinski definition) is 14. The normalized spacial score (nSPS) is 53.0. The monoisotopic (exact) mass is 522 g/mol. The molecule has 0 aromatic carbocycles. The van der Waals surface area contributed by atoms with Crippen molar-refractivity contribution in [2.24, 2.45) is 0 Å². The Hall–Kier alpha value is -0.680. The van der Waals surface area contributed by atoms with Crippen molar-refractivity contribution >= 4 is 0 Å². The molecule has 17 heteroatoms. The predicted molar refractivity (Wildman–Crippen MR) is 105 cm³/mol. The van der Waals surface area contributed by atoms with E-state index in [4.69, 9.17) is 50.0 Å². The minimum atomic E-state index is -1.74. The Balaban J connectivity index is 0.000000303. The molecule has 0 aromatic heterocycles. The Morgan fingerprint density at radius 2 is 0.800 bits per heavy atom. The topological polar surface area (TPSA) is 311 Å². The minimum absolute atomic E-state index is 0.468. The lowest BCUT2D eigenvalue weighted by Crippen LogP contribution is -2.63. The van der Waals surface area contributed by atoms with Gasteiger partial charge in [-0.15, -0.1) is 0 Å². The van der Waals surface area contributed by atoms with E-state index in [9.17, 15) is 35.7 Å². The lowest BCUT2D eigenvalue weighted by atomic mass is 9.85. The van der Waals surface area contributed by atoms with Gasteiger partial charge < -0.3 is 85.7 Å². The average molecular weight is 522 g/mol. The van der Waals surface area contributed by atoms with Gasteiger partial charge in [0.15, 0.2) is 12.6 Å². The Morgan fingerprint density at radius 1 is 0.429 bits per heavy atom. The molecule has 3 rings (SSSR count). The van der Waals surface area contributed by atoms with Gasteiger partial charge in [-0.1, -0.05) is 0 Å². The van der Waals surface area contributed by atoms with Crippen LogP contribution in [0.15, 0.2) is 0 Å². The summed E-state index contributed by atoms with van der Waals surface area (Å²) in [6.07, 6.45) is -25.1. The van der Waals surface area contributed by atoms with E-state index in [1.54, 1.807) is 0 Å². The molecule has 3 fully saturated rings. The molecule has 0 unspecified atom stereocenters. The van der Waals surface area contributed by atoms with Crippen LogP contribution >= 0.6 is 0 Å². The fourth-order valence-corrected chi connectivity index (χ4v) is 3.68. The molecular formula is C18H34O17. The highest BCUT2D eigenvalue weighted by Gasteiger charge is 2.48. The van der Waals surface area contributed by atoms with E-state index in [2.05, 4.69) is 0 Å². The summed E-state index contributed by atoms with van der Waals surface area (Å²) in [5.41, 5.74) is 0. The Labute approximate surface area is 197 Å². The van der Waals surface area contributed by atoms with E-state index in [1.165, 1.54) is 0 Å². The molecule has 2 aliphatic heterocycles. The first-order valence-electron chi connectivity index (χ1n) is 10.6. The minimum Gasteiger partial charge on any atom is -0.394 e. The fourth-order valence-electron chi connectivity index (χ4n) is 3.68. The Kier molecular flexibility index (Phi) is 11.1. The highest BCUT2D eigenvalue weighted by Crippen LogP contribution is 2.25. The van der Waals surface area contributed by atoms with Gasteiger partial charge in [-0.25, -0.2) is 0 Å². The van der Waals surface area contributed by atoms with Gasteiger partial charge in [0.1, 0.15) is 85.5 Å². The van der Waals surface area contributed by atoms with E-state index >= 15 is 0 Å². The number of hydrogen-bond acceptors (Lipinski definition) is 17. The molecule has 10 atom stereocenters. The van der Waals surface area contributed by atoms with Crippen molar-refractivity contribution in [1.82, 2.24) is 0 Å². The van der Waals surface area contributed by atoms with E-state index in [1.807, 2.05) is 0 Å². The molecule has 0 spiro atoms. The van der Waals surface area contributed by atoms with Gasteiger partial charge in [0, 0.05) is 0 Å². The third-order valence-corrected chi connectivity index (χ3v) is 6.06. The molecule has 2 heterocycles. The van der Waals surface area contributed by atoms with Crippen LogP contribution in [0.3, 0.4) is 0 Å². The second kappa shape index (κ2) is 12.7. The molecule has 0 aromatic rings. The van der Waals surface area contributed by atoms with Gasteiger partial charge in [-0.05, 0) is 0 Å². The van der Waals surface area contributed by atoms with Crippen LogP contribution in [0.1, 0.15) is 0 Å². The molecule has 0 radical (unpaired) electrons. The number of aliphatic hydroxyl groups excluding tert-OH is 14. The van der Waals surface area contributed by atoms with E-state index in [-0.39, 0.29) is 0 Å². The third-order valence-electron chi connectivity index (χ3n) is 6.06. The van der Waals surface area contributed by atoms with E-state index in [0.717, 1.165) is 0 Å². The van der Waals surface area contributed by atoms with Gasteiger partial charge in [-0.3, -0.25) is 0 Å². The highest BCUT2D eigenvalue weighted by molar-refractivity contribution is 4.98. The molecule has 35 heavy (non-hydrogen) atoms. The maximum absolute atomic E-state index is 9.78. The number of ether oxygens (including phenoxy) is 3. The van der Waals surface area contributed by atoms with Crippen LogP contribution in [0.25, 0.3) is 0 Å². The van der Waals surface area contributed by atoms with Gasteiger partial charge in [0.2, 0.25) is 0 Å². The van der Waals surface area contributed by atoms with Crippen LogP contribution in [0.5, 0.6) is 0 Å². The quantitative estimate of drug-likeness (QED) is 0.163. The molecule has 1 saturated carbocycles. The summed E-state index contributed by atoms with van der Waals surface area (Å²) in [4.78, 5) is 0. The highest BCUT2D eigenvalue weighted by atomic mass is 16.7. The first-order chi connectivity index (χ1) is 16.2. The molecule has 2 saturated heterocycles. The SMILES string of the molecule is OC[C@H]1O[C@H](OC[C@H]2O[C@@H](O)[C@H](O)[C@@H](O)[C@@H]2O)[C@H](O)[C@@H](O)[C@H]1O.O[C@H]1[C@H](O)[C@@H](O)[C@H](O)[C@@H](O)[C@H]1O. The van der Waals surface area contributed by atoms with Crippen LogP contribution in [0.4, 0.5) is 0 Å². The lowest BCUT2D eigenvalue weighted by molar-refractivity contribution is -0.325. The zero-order chi connectivity index (χ0) is 26.8. The van der Waals surface area contributed by atoms with Crippen molar-refractivity contribution in [2.75, 3.05) is 13.2 Å². The zero-order valence-electron chi connectivity index (χ0n) is 18.1. The number of aliphatic hydroxyl groups is 14. The van der Waals surface area contributed by atoms with Crippen molar-refractivity contribution < 1.29 is 85.7 Å². The standard InChI is InChI=1S/C12H22O11.C6H12O6/c13-1-3-5(14)8(17)10(19)12(23-3)21-2-4-6(15)7(16)9(18)11(20)22-4;7-1-2(8)4(10)6(12)5(11)3(1)9/h3-20H,1-2H2;1-12H/t3-,4-,5+,6-,7+,8+,9-,10-,11-,12+;1-,2-,3-,4+,5-,6-/m1./s1. The summed E-state index contributed by atoms with van der Waals surface area (Å²) in [7, 11) is 0. The first-order valence-corrected chi connectivity index (χ1v) is 10.6. The predicted octanol–water partition coefficient (Wildman–Crippen LogP) is -9.23. The lowest BCUT2D eigenvalue weighted by Gasteiger charge is -2.41. The van der Waals surface area contributed by atoms with Crippen molar-refractivity contribution in [1.29, 1.82) is 0 Å². The summed E-state index contributed by atoms with van der Waals surface area (Å²) in [5.74, 6) is 0. The Morgan fingerprint density at radius 3 is 1.23 bits per heavy atom. The van der Waals surface area contributed by atoms with Crippen molar-refractivity contribution in [3.05, 3.63) is 0 Å². The summed E-state index contributed by atoms with van der Waals surface area (Å²) in [6.45, 7) is -1.10. The van der Waals surface area contributed by atoms with Gasteiger partial charge >= 0.3 is 0 Å². The van der Waals surface area contributed by atoms with Crippen LogP contribution in [0, 0.1) is 0 Å². The van der Waals surface area contributed by atoms with Gasteiger partial charge in [0.25, 0.3) is 0 Å². The third kappa shape index (κ3) is 6.61. The summed E-state index contributed by atoms with van der Waals surface area (Å²) < 4.78 is 15.1. The van der Waals surface area contributed by atoms with Crippen LogP contribution in [-0.4, -0.2) is 183 Å². The molecule has 208 valence electrons. The van der Waals surface area contributed by atoms with Gasteiger partial charge in [0.05, 0.1) is 13.2 Å². The second-order valence-electron chi connectivity index (χ2n) is 8.51. The molecule has 14 N–H and O–H groups in total. The van der Waals surface area contributed by atoms with Crippen LogP contribution in [0.2, 0.25) is 0 Å². The molecule has 1 aliphatic carbocycles. The molecule has 0 bridgehead atoms.